The van der Waals surface area contributed by atoms with Gasteiger partial charge in [0, 0.05) is 28.6 Å². The molecule has 0 radical (unpaired) electrons. The minimum absolute atomic E-state index is 0.0235. The van der Waals surface area contributed by atoms with E-state index in [0.29, 0.717) is 23.7 Å². The normalized spacial score (nSPS) is 18.0. The van der Waals surface area contributed by atoms with E-state index >= 15 is 0 Å². The number of rotatable bonds is 6. The van der Waals surface area contributed by atoms with Crippen molar-refractivity contribution in [1.29, 1.82) is 0 Å². The molecule has 1 aliphatic heterocycles. The van der Waals surface area contributed by atoms with Crippen LogP contribution in [-0.2, 0) is 16.4 Å². The zero-order chi connectivity index (χ0) is 22.3. The molecule has 1 unspecified atom stereocenters. The van der Waals surface area contributed by atoms with Crippen molar-refractivity contribution in [2.75, 3.05) is 11.5 Å². The van der Waals surface area contributed by atoms with Crippen LogP contribution in [0, 0.1) is 13.8 Å². The zero-order valence-electron chi connectivity index (χ0n) is 18.2. The van der Waals surface area contributed by atoms with Gasteiger partial charge in [-0.15, -0.1) is 10.2 Å². The molecule has 3 heterocycles. The topological polar surface area (TPSA) is 99.7 Å². The Balaban J connectivity index is 1.51. The van der Waals surface area contributed by atoms with Gasteiger partial charge in [0.05, 0.1) is 11.5 Å². The van der Waals surface area contributed by atoms with Crippen molar-refractivity contribution >= 4 is 15.6 Å². The lowest BCUT2D eigenvalue weighted by Crippen LogP contribution is -2.16. The maximum atomic E-state index is 12.9. The van der Waals surface area contributed by atoms with Crippen molar-refractivity contribution in [2.24, 2.45) is 0 Å². The quantitative estimate of drug-likeness (QED) is 0.545. The number of carbonyl (C=O) groups excluding carboxylic acids is 1. The Morgan fingerprint density at radius 1 is 1.19 bits per heavy atom. The van der Waals surface area contributed by atoms with Crippen LogP contribution in [0.15, 0.2) is 30.3 Å². The Morgan fingerprint density at radius 3 is 2.52 bits per heavy atom. The molecular weight excluding hydrogens is 414 g/mol. The van der Waals surface area contributed by atoms with Gasteiger partial charge in [-0.1, -0.05) is 38.1 Å². The standard InChI is InChI=1S/C22H27N5O3S/c1-14(2)17-5-7-18(8-6-17)22-23-25-26(24-22)12-21(28)20-11-15(3)27(16(20)4)19-9-10-31(29,30)13-19/h5-8,11,14,19H,9-10,12-13H2,1-4H3. The molecule has 4 rings (SSSR count). The third kappa shape index (κ3) is 4.32. The summed E-state index contributed by atoms with van der Waals surface area (Å²) in [5.41, 5.74) is 4.33. The van der Waals surface area contributed by atoms with Crippen molar-refractivity contribution in [2.45, 2.75) is 52.6 Å². The molecule has 0 spiro atoms. The summed E-state index contributed by atoms with van der Waals surface area (Å²) in [4.78, 5) is 14.3. The van der Waals surface area contributed by atoms with Gasteiger partial charge >= 0.3 is 0 Å². The number of hydrogen-bond acceptors (Lipinski definition) is 6. The van der Waals surface area contributed by atoms with Crippen molar-refractivity contribution < 1.29 is 13.2 Å². The van der Waals surface area contributed by atoms with Crippen LogP contribution in [0.2, 0.25) is 0 Å². The highest BCUT2D eigenvalue weighted by Gasteiger charge is 2.31. The molecule has 3 aromatic rings. The van der Waals surface area contributed by atoms with Crippen molar-refractivity contribution in [3.63, 3.8) is 0 Å². The van der Waals surface area contributed by atoms with Crippen molar-refractivity contribution in [3.05, 3.63) is 52.8 Å². The van der Waals surface area contributed by atoms with Crippen LogP contribution in [0.3, 0.4) is 0 Å². The highest BCUT2D eigenvalue weighted by Crippen LogP contribution is 2.29. The Kier molecular flexibility index (Phi) is 5.55. The Bertz CT molecular complexity index is 1220. The first-order valence-electron chi connectivity index (χ1n) is 10.4. The molecule has 9 heteroatoms. The second-order valence-electron chi connectivity index (χ2n) is 8.56. The van der Waals surface area contributed by atoms with Gasteiger partial charge in [-0.05, 0) is 43.0 Å². The molecular formula is C22H27N5O3S. The van der Waals surface area contributed by atoms with Crippen LogP contribution < -0.4 is 0 Å². The van der Waals surface area contributed by atoms with E-state index in [4.69, 9.17) is 0 Å². The van der Waals surface area contributed by atoms with Gasteiger partial charge in [0.2, 0.25) is 5.82 Å². The molecule has 1 atom stereocenters. The molecule has 1 aliphatic rings. The first kappa shape index (κ1) is 21.4. The Hall–Kier alpha value is -2.81. The lowest BCUT2D eigenvalue weighted by Gasteiger charge is -2.16. The largest absolute Gasteiger partial charge is 0.344 e. The molecule has 164 valence electrons. The molecule has 0 N–H and O–H groups in total. The maximum absolute atomic E-state index is 12.9. The third-order valence-electron chi connectivity index (χ3n) is 5.93. The van der Waals surface area contributed by atoms with E-state index in [2.05, 4.69) is 29.3 Å². The van der Waals surface area contributed by atoms with Gasteiger partial charge in [-0.25, -0.2) is 8.42 Å². The summed E-state index contributed by atoms with van der Waals surface area (Å²) >= 11 is 0. The highest BCUT2D eigenvalue weighted by molar-refractivity contribution is 7.91. The summed E-state index contributed by atoms with van der Waals surface area (Å²) in [5.74, 6) is 1.12. The van der Waals surface area contributed by atoms with Gasteiger partial charge in [0.15, 0.2) is 15.6 Å². The minimum Gasteiger partial charge on any atom is -0.344 e. The molecule has 1 saturated heterocycles. The first-order chi connectivity index (χ1) is 14.6. The number of carbonyl (C=O) groups is 1. The number of tetrazole rings is 1. The molecule has 31 heavy (non-hydrogen) atoms. The fraction of sp³-hybridized carbons (Fsp3) is 0.455. The van der Waals surface area contributed by atoms with Gasteiger partial charge in [0.25, 0.3) is 0 Å². The number of aromatic nitrogens is 5. The van der Waals surface area contributed by atoms with Crippen LogP contribution in [0.1, 0.15) is 59.5 Å². The summed E-state index contributed by atoms with van der Waals surface area (Å²) in [6, 6.07) is 9.72. The third-order valence-corrected chi connectivity index (χ3v) is 7.68. The smallest absolute Gasteiger partial charge is 0.204 e. The van der Waals surface area contributed by atoms with E-state index in [-0.39, 0.29) is 29.9 Å². The fourth-order valence-corrected chi connectivity index (χ4v) is 5.96. The van der Waals surface area contributed by atoms with E-state index in [1.165, 1.54) is 10.4 Å². The monoisotopic (exact) mass is 441 g/mol. The summed E-state index contributed by atoms with van der Waals surface area (Å²) < 4.78 is 25.7. The van der Waals surface area contributed by atoms with Crippen LogP contribution in [0.25, 0.3) is 11.4 Å². The average Bonchev–Trinajstić information content (AvgIpc) is 3.39. The number of ketones is 1. The number of aryl methyl sites for hydroxylation is 1. The molecule has 0 amide bonds. The predicted molar refractivity (Wildman–Crippen MR) is 118 cm³/mol. The Labute approximate surface area is 182 Å². The number of hydrogen-bond donors (Lipinski definition) is 0. The summed E-state index contributed by atoms with van der Waals surface area (Å²) in [6.07, 6.45) is 0.579. The minimum atomic E-state index is -3.01. The lowest BCUT2D eigenvalue weighted by atomic mass is 10.0. The SMILES string of the molecule is Cc1cc(C(=O)Cn2nnc(-c3ccc(C(C)C)cc3)n2)c(C)n1C1CCS(=O)(=O)C1. The molecule has 1 aromatic carbocycles. The molecule has 0 aliphatic carbocycles. The number of benzene rings is 1. The van der Waals surface area contributed by atoms with Crippen molar-refractivity contribution in [3.8, 4) is 11.4 Å². The maximum Gasteiger partial charge on any atom is 0.204 e. The van der Waals surface area contributed by atoms with Gasteiger partial charge in [-0.2, -0.15) is 4.80 Å². The molecule has 2 aromatic heterocycles. The fourth-order valence-electron chi connectivity index (χ4n) is 4.26. The van der Waals surface area contributed by atoms with Crippen LogP contribution in [0.5, 0.6) is 0 Å². The van der Waals surface area contributed by atoms with Crippen LogP contribution in [0.4, 0.5) is 0 Å². The number of Topliss-reactive ketones (excluding diaryl/α,β-unsaturated/α-hetero) is 1. The van der Waals surface area contributed by atoms with Crippen LogP contribution >= 0.6 is 0 Å². The molecule has 1 fully saturated rings. The van der Waals surface area contributed by atoms with E-state index in [1.54, 1.807) is 0 Å². The molecule has 0 saturated carbocycles. The second kappa shape index (κ2) is 8.03. The Morgan fingerprint density at radius 2 is 1.90 bits per heavy atom. The van der Waals surface area contributed by atoms with Crippen molar-refractivity contribution in [1.82, 2.24) is 24.8 Å². The zero-order valence-corrected chi connectivity index (χ0v) is 19.1. The molecule has 0 bridgehead atoms. The lowest BCUT2D eigenvalue weighted by molar-refractivity contribution is 0.0960. The van der Waals surface area contributed by atoms with E-state index in [1.807, 2.05) is 48.7 Å². The molecule has 8 nitrogen and oxygen atoms in total. The number of nitrogens with zero attached hydrogens (tertiary/aromatic N) is 5. The van der Waals surface area contributed by atoms with Gasteiger partial charge in [-0.3, -0.25) is 4.79 Å². The van der Waals surface area contributed by atoms with E-state index in [0.717, 1.165) is 17.0 Å². The van der Waals surface area contributed by atoms with E-state index in [9.17, 15) is 13.2 Å². The first-order valence-corrected chi connectivity index (χ1v) is 12.3. The van der Waals surface area contributed by atoms with Gasteiger partial charge < -0.3 is 4.57 Å². The summed E-state index contributed by atoms with van der Waals surface area (Å²) in [5, 5.41) is 12.5. The summed E-state index contributed by atoms with van der Waals surface area (Å²) in [6.45, 7) is 8.02. The summed E-state index contributed by atoms with van der Waals surface area (Å²) in [7, 11) is -3.01. The predicted octanol–water partition coefficient (Wildman–Crippen LogP) is 3.12. The van der Waals surface area contributed by atoms with Gasteiger partial charge in [0.1, 0.15) is 6.54 Å². The number of sulfone groups is 1. The van der Waals surface area contributed by atoms with E-state index < -0.39 is 9.84 Å². The van der Waals surface area contributed by atoms with Crippen LogP contribution in [-0.4, -0.2) is 50.5 Å². The second-order valence-corrected chi connectivity index (χ2v) is 10.8. The highest BCUT2D eigenvalue weighted by atomic mass is 32.2. The average molecular weight is 442 g/mol.